The van der Waals surface area contributed by atoms with Crippen molar-refractivity contribution in [3.63, 3.8) is 0 Å². The summed E-state index contributed by atoms with van der Waals surface area (Å²) in [5, 5.41) is 3.91. The molecule has 0 radical (unpaired) electrons. The quantitative estimate of drug-likeness (QED) is 0.856. The summed E-state index contributed by atoms with van der Waals surface area (Å²) in [4.78, 5) is 18.6. The van der Waals surface area contributed by atoms with E-state index in [1.54, 1.807) is 30.3 Å². The molecule has 1 aliphatic rings. The number of hydrogen-bond acceptors (Lipinski definition) is 4. The van der Waals surface area contributed by atoms with Crippen LogP contribution in [0.25, 0.3) is 0 Å². The predicted octanol–water partition coefficient (Wildman–Crippen LogP) is 3.86. The van der Waals surface area contributed by atoms with Crippen LogP contribution in [0.1, 0.15) is 16.8 Å². The molecule has 1 aromatic heterocycles. The van der Waals surface area contributed by atoms with Crippen molar-refractivity contribution in [2.24, 2.45) is 5.92 Å². The fourth-order valence-corrected chi connectivity index (χ4v) is 3.23. The van der Waals surface area contributed by atoms with Gasteiger partial charge < -0.3 is 15.0 Å². The molecule has 1 fully saturated rings. The Labute approximate surface area is 156 Å². The molecule has 1 atom stereocenters. The van der Waals surface area contributed by atoms with Crippen molar-refractivity contribution in [2.45, 2.75) is 6.42 Å². The van der Waals surface area contributed by atoms with Crippen molar-refractivity contribution in [3.8, 4) is 11.6 Å². The number of rotatable bonds is 5. The summed E-state index contributed by atoms with van der Waals surface area (Å²) < 4.78 is 5.64. The van der Waals surface area contributed by atoms with Crippen molar-refractivity contribution in [1.29, 1.82) is 0 Å². The fourth-order valence-electron chi connectivity index (χ4n) is 2.90. The molecule has 5 nitrogen and oxygen atoms in total. The van der Waals surface area contributed by atoms with Crippen LogP contribution in [0.15, 0.2) is 36.5 Å². The van der Waals surface area contributed by atoms with Gasteiger partial charge in [0.25, 0.3) is 5.91 Å². The average Bonchev–Trinajstić information content (AvgIpc) is 3.08. The predicted molar refractivity (Wildman–Crippen MR) is 98.7 cm³/mol. The van der Waals surface area contributed by atoms with Gasteiger partial charge in [0, 0.05) is 25.4 Å². The molecule has 1 unspecified atom stereocenters. The Kier molecular flexibility index (Phi) is 5.78. The van der Waals surface area contributed by atoms with E-state index in [9.17, 15) is 4.79 Å². The van der Waals surface area contributed by atoms with Crippen LogP contribution in [-0.2, 0) is 0 Å². The van der Waals surface area contributed by atoms with Crippen molar-refractivity contribution >= 4 is 29.1 Å². The number of ether oxygens (including phenoxy) is 1. The maximum Gasteiger partial charge on any atom is 0.255 e. The van der Waals surface area contributed by atoms with E-state index < -0.39 is 0 Å². The van der Waals surface area contributed by atoms with Crippen LogP contribution in [0.5, 0.6) is 11.6 Å². The van der Waals surface area contributed by atoms with Crippen molar-refractivity contribution in [3.05, 3.63) is 52.1 Å². The van der Waals surface area contributed by atoms with Crippen molar-refractivity contribution < 1.29 is 9.53 Å². The Morgan fingerprint density at radius 2 is 2.20 bits per heavy atom. The van der Waals surface area contributed by atoms with Gasteiger partial charge in [-0.2, -0.15) is 0 Å². The molecule has 0 aliphatic carbocycles. The number of hydrogen-bond donors (Lipinski definition) is 1. The fraction of sp³-hybridized carbons (Fsp3) is 0.333. The highest BCUT2D eigenvalue weighted by atomic mass is 35.5. The number of halogens is 2. The van der Waals surface area contributed by atoms with E-state index in [0.717, 1.165) is 26.1 Å². The van der Waals surface area contributed by atoms with E-state index in [1.807, 2.05) is 11.9 Å². The van der Waals surface area contributed by atoms with Crippen molar-refractivity contribution in [1.82, 2.24) is 15.2 Å². The third-order valence-corrected chi connectivity index (χ3v) is 4.98. The Hall–Kier alpha value is -1.82. The molecular weight excluding hydrogens is 361 g/mol. The molecule has 25 heavy (non-hydrogen) atoms. The van der Waals surface area contributed by atoms with E-state index in [4.69, 9.17) is 27.9 Å². The summed E-state index contributed by atoms with van der Waals surface area (Å²) in [7, 11) is 1.93. The lowest BCUT2D eigenvalue weighted by atomic mass is 10.1. The van der Waals surface area contributed by atoms with Crippen LogP contribution in [-0.4, -0.2) is 42.5 Å². The Bertz CT molecular complexity index is 752. The minimum absolute atomic E-state index is 0.00144. The van der Waals surface area contributed by atoms with E-state index in [-0.39, 0.29) is 5.91 Å². The maximum absolute atomic E-state index is 12.6. The summed E-state index contributed by atoms with van der Waals surface area (Å²) >= 11 is 12.1. The van der Waals surface area contributed by atoms with Gasteiger partial charge in [0.1, 0.15) is 10.8 Å². The van der Waals surface area contributed by atoms with Crippen LogP contribution in [0.2, 0.25) is 10.0 Å². The van der Waals surface area contributed by atoms with Crippen LogP contribution < -0.4 is 10.1 Å². The molecule has 1 aliphatic heterocycles. The minimum Gasteiger partial charge on any atom is -0.437 e. The van der Waals surface area contributed by atoms with Gasteiger partial charge in [-0.25, -0.2) is 4.98 Å². The average molecular weight is 380 g/mol. The summed E-state index contributed by atoms with van der Waals surface area (Å²) in [5.74, 6) is 1.29. The van der Waals surface area contributed by atoms with Crippen molar-refractivity contribution in [2.75, 3.05) is 26.7 Å². The van der Waals surface area contributed by atoms with Crippen LogP contribution in [0.4, 0.5) is 0 Å². The monoisotopic (exact) mass is 379 g/mol. The number of nitrogens with zero attached hydrogens (tertiary/aromatic N) is 2. The first-order chi connectivity index (χ1) is 12.1. The molecule has 0 bridgehead atoms. The first kappa shape index (κ1) is 18.0. The van der Waals surface area contributed by atoms with Crippen LogP contribution in [0, 0.1) is 5.92 Å². The van der Waals surface area contributed by atoms with Gasteiger partial charge in [-0.05, 0) is 44.1 Å². The molecule has 1 amide bonds. The molecule has 2 heterocycles. The van der Waals surface area contributed by atoms with Crippen LogP contribution in [0.3, 0.4) is 0 Å². The van der Waals surface area contributed by atoms with Gasteiger partial charge in [-0.15, -0.1) is 0 Å². The second-order valence-electron chi connectivity index (χ2n) is 6.00. The molecule has 132 valence electrons. The number of amides is 1. The minimum atomic E-state index is -0.00144. The van der Waals surface area contributed by atoms with Crippen LogP contribution >= 0.6 is 23.2 Å². The third-order valence-electron chi connectivity index (χ3n) is 4.18. The van der Waals surface area contributed by atoms with Gasteiger partial charge in [0.05, 0.1) is 10.6 Å². The van der Waals surface area contributed by atoms with Gasteiger partial charge >= 0.3 is 0 Å². The standard InChI is InChI=1S/C18H19Cl2N3O2/c1-21-9-12-7-8-23(11-12)18(24)13-5-6-16(22-10-13)25-15-4-2-3-14(19)17(15)20/h2-6,10,12,21H,7-9,11H2,1H3. The summed E-state index contributed by atoms with van der Waals surface area (Å²) in [5.41, 5.74) is 0.551. The molecule has 2 aromatic rings. The topological polar surface area (TPSA) is 54.5 Å². The number of pyridine rings is 1. The number of aromatic nitrogens is 1. The highest BCUT2D eigenvalue weighted by molar-refractivity contribution is 6.42. The highest BCUT2D eigenvalue weighted by Crippen LogP contribution is 2.34. The third kappa shape index (κ3) is 4.24. The van der Waals surface area contributed by atoms with E-state index in [1.165, 1.54) is 6.20 Å². The lowest BCUT2D eigenvalue weighted by Gasteiger charge is -2.16. The number of likely N-dealkylation sites (tertiary alicyclic amines) is 1. The van der Waals surface area contributed by atoms with Gasteiger partial charge in [0.15, 0.2) is 0 Å². The normalized spacial score (nSPS) is 16.9. The summed E-state index contributed by atoms with van der Waals surface area (Å²) in [6.07, 6.45) is 2.55. The maximum atomic E-state index is 12.6. The highest BCUT2D eigenvalue weighted by Gasteiger charge is 2.26. The van der Waals surface area contributed by atoms with E-state index in [0.29, 0.717) is 33.2 Å². The number of carbonyl (C=O) groups excluding carboxylic acids is 1. The van der Waals surface area contributed by atoms with Gasteiger partial charge in [-0.3, -0.25) is 4.79 Å². The van der Waals surface area contributed by atoms with E-state index in [2.05, 4.69) is 10.3 Å². The zero-order valence-electron chi connectivity index (χ0n) is 13.8. The molecular formula is C18H19Cl2N3O2. The number of benzene rings is 1. The lowest BCUT2D eigenvalue weighted by Crippen LogP contribution is -2.30. The number of carbonyl (C=O) groups is 1. The molecule has 0 spiro atoms. The molecule has 1 N–H and O–H groups in total. The first-order valence-electron chi connectivity index (χ1n) is 8.10. The molecule has 0 saturated carbocycles. The first-order valence-corrected chi connectivity index (χ1v) is 8.86. The Morgan fingerprint density at radius 1 is 1.36 bits per heavy atom. The van der Waals surface area contributed by atoms with Gasteiger partial charge in [0.2, 0.25) is 5.88 Å². The summed E-state index contributed by atoms with van der Waals surface area (Å²) in [6, 6.07) is 8.51. The molecule has 3 rings (SSSR count). The zero-order chi connectivity index (χ0) is 17.8. The SMILES string of the molecule is CNCC1CCN(C(=O)c2ccc(Oc3cccc(Cl)c3Cl)nc2)C1. The molecule has 7 heteroatoms. The summed E-state index contributed by atoms with van der Waals surface area (Å²) in [6.45, 7) is 2.48. The Morgan fingerprint density at radius 3 is 2.92 bits per heavy atom. The smallest absolute Gasteiger partial charge is 0.255 e. The zero-order valence-corrected chi connectivity index (χ0v) is 15.3. The second kappa shape index (κ2) is 8.04. The molecule has 1 aromatic carbocycles. The lowest BCUT2D eigenvalue weighted by molar-refractivity contribution is 0.0786. The largest absolute Gasteiger partial charge is 0.437 e. The van der Waals surface area contributed by atoms with E-state index >= 15 is 0 Å². The number of nitrogens with one attached hydrogen (secondary N) is 1. The van der Waals surface area contributed by atoms with Gasteiger partial charge in [-0.1, -0.05) is 29.3 Å². The molecule has 1 saturated heterocycles. The second-order valence-corrected chi connectivity index (χ2v) is 6.79. The Balaban J connectivity index is 1.66.